The largest absolute Gasteiger partial charge is 0.465 e. The van der Waals surface area contributed by atoms with Gasteiger partial charge in [-0.25, -0.2) is 4.79 Å². The number of hydrogen-bond donors (Lipinski definition) is 1. The normalized spacial score (nSPS) is 10.3. The molecule has 0 aliphatic carbocycles. The molecule has 0 saturated heterocycles. The number of anilines is 1. The lowest BCUT2D eigenvalue weighted by Gasteiger charge is -2.01. The first-order valence-electron chi connectivity index (χ1n) is 6.04. The van der Waals surface area contributed by atoms with E-state index < -0.39 is 5.97 Å². The van der Waals surface area contributed by atoms with Crippen LogP contribution in [0.1, 0.15) is 32.5 Å². The van der Waals surface area contributed by atoms with E-state index in [1.807, 2.05) is 19.1 Å². The second-order valence-corrected chi connectivity index (χ2v) is 5.44. The Kier molecular flexibility index (Phi) is 3.90. The second-order valence-electron chi connectivity index (χ2n) is 4.42. The van der Waals surface area contributed by atoms with Crippen molar-refractivity contribution in [3.8, 4) is 10.4 Å². The molecule has 0 fully saturated rings. The maximum absolute atomic E-state index is 11.6. The van der Waals surface area contributed by atoms with Gasteiger partial charge < -0.3 is 10.5 Å². The average molecular weight is 289 g/mol. The van der Waals surface area contributed by atoms with E-state index in [1.165, 1.54) is 25.4 Å². The molecule has 0 spiro atoms. The number of nitrogens with two attached hydrogens (primary N) is 1. The Morgan fingerprint density at radius 1 is 1.20 bits per heavy atom. The fourth-order valence-electron chi connectivity index (χ4n) is 1.90. The lowest BCUT2D eigenvalue weighted by Crippen LogP contribution is -2.01. The van der Waals surface area contributed by atoms with Crippen LogP contribution in [0.4, 0.5) is 5.69 Å². The molecule has 0 amide bonds. The van der Waals surface area contributed by atoms with E-state index in [0.29, 0.717) is 16.1 Å². The molecule has 1 aromatic carbocycles. The van der Waals surface area contributed by atoms with Crippen molar-refractivity contribution in [2.24, 2.45) is 0 Å². The number of methoxy groups -OCH3 is 1. The van der Waals surface area contributed by atoms with Gasteiger partial charge in [0.15, 0.2) is 5.78 Å². The first kappa shape index (κ1) is 14.3. The molecule has 0 bridgehead atoms. The highest BCUT2D eigenvalue weighted by molar-refractivity contribution is 7.18. The van der Waals surface area contributed by atoms with Gasteiger partial charge in [0.2, 0.25) is 0 Å². The predicted molar refractivity (Wildman–Crippen MR) is 80.2 cm³/mol. The molecule has 104 valence electrons. The minimum absolute atomic E-state index is 0.0224. The van der Waals surface area contributed by atoms with E-state index in [0.717, 1.165) is 16.0 Å². The lowest BCUT2D eigenvalue weighted by atomic mass is 10.1. The standard InChI is InChI=1S/C15H15NO3S/c1-8-12(16)14(15(18)19-3)20-13(8)11-6-4-10(5-7-11)9(2)17/h4-7H,16H2,1-3H3. The molecule has 1 aromatic heterocycles. The smallest absolute Gasteiger partial charge is 0.350 e. The van der Waals surface area contributed by atoms with Crippen molar-refractivity contribution in [2.75, 3.05) is 12.8 Å². The van der Waals surface area contributed by atoms with Crippen LogP contribution >= 0.6 is 11.3 Å². The molecule has 0 radical (unpaired) electrons. The van der Waals surface area contributed by atoms with Crippen LogP contribution in [0.25, 0.3) is 10.4 Å². The van der Waals surface area contributed by atoms with Crippen molar-refractivity contribution < 1.29 is 14.3 Å². The lowest BCUT2D eigenvalue weighted by molar-refractivity contribution is 0.0607. The number of Topliss-reactive ketones (excluding diaryl/α,β-unsaturated/α-hetero) is 1. The highest BCUT2D eigenvalue weighted by Gasteiger charge is 2.19. The maximum Gasteiger partial charge on any atom is 0.350 e. The summed E-state index contributed by atoms with van der Waals surface area (Å²) < 4.78 is 4.72. The van der Waals surface area contributed by atoms with Crippen molar-refractivity contribution in [2.45, 2.75) is 13.8 Å². The number of carbonyl (C=O) groups excluding carboxylic acids is 2. The number of thiophene rings is 1. The van der Waals surface area contributed by atoms with Crippen molar-refractivity contribution in [1.29, 1.82) is 0 Å². The second kappa shape index (κ2) is 5.46. The van der Waals surface area contributed by atoms with E-state index in [1.54, 1.807) is 12.1 Å². The third kappa shape index (κ3) is 2.44. The van der Waals surface area contributed by atoms with Gasteiger partial charge in [-0.3, -0.25) is 4.79 Å². The first-order chi connectivity index (χ1) is 9.45. The van der Waals surface area contributed by atoms with E-state index in [9.17, 15) is 9.59 Å². The van der Waals surface area contributed by atoms with Crippen LogP contribution in [-0.4, -0.2) is 18.9 Å². The summed E-state index contributed by atoms with van der Waals surface area (Å²) in [6.07, 6.45) is 0. The SMILES string of the molecule is COC(=O)c1sc(-c2ccc(C(C)=O)cc2)c(C)c1N. The topological polar surface area (TPSA) is 69.4 Å². The van der Waals surface area contributed by atoms with Crippen LogP contribution in [0.2, 0.25) is 0 Å². The molecule has 0 aliphatic heterocycles. The molecule has 0 unspecified atom stereocenters. The Hall–Kier alpha value is -2.14. The Morgan fingerprint density at radius 3 is 2.30 bits per heavy atom. The zero-order valence-corrected chi connectivity index (χ0v) is 12.3. The number of esters is 1. The van der Waals surface area contributed by atoms with Gasteiger partial charge in [-0.1, -0.05) is 24.3 Å². The summed E-state index contributed by atoms with van der Waals surface area (Å²) in [6.45, 7) is 3.39. The molecule has 4 nitrogen and oxygen atoms in total. The average Bonchev–Trinajstić information content (AvgIpc) is 2.75. The summed E-state index contributed by atoms with van der Waals surface area (Å²) in [7, 11) is 1.33. The Labute approximate surface area is 121 Å². The number of nitrogen functional groups attached to an aromatic ring is 1. The Balaban J connectivity index is 2.48. The van der Waals surface area contributed by atoms with Crippen LogP contribution < -0.4 is 5.73 Å². The van der Waals surface area contributed by atoms with Gasteiger partial charge in [0.25, 0.3) is 0 Å². The summed E-state index contributed by atoms with van der Waals surface area (Å²) in [5.74, 6) is -0.406. The van der Waals surface area contributed by atoms with E-state index in [2.05, 4.69) is 0 Å². The number of hydrogen-bond acceptors (Lipinski definition) is 5. The monoisotopic (exact) mass is 289 g/mol. The minimum atomic E-state index is -0.429. The zero-order chi connectivity index (χ0) is 14.9. The highest BCUT2D eigenvalue weighted by atomic mass is 32.1. The van der Waals surface area contributed by atoms with Gasteiger partial charge in [0.05, 0.1) is 12.8 Å². The van der Waals surface area contributed by atoms with Gasteiger partial charge >= 0.3 is 5.97 Å². The molecule has 0 saturated carbocycles. The van der Waals surface area contributed by atoms with E-state index >= 15 is 0 Å². The van der Waals surface area contributed by atoms with E-state index in [-0.39, 0.29) is 5.78 Å². The Bertz CT molecular complexity index is 671. The summed E-state index contributed by atoms with van der Waals surface area (Å²) >= 11 is 1.30. The number of ether oxygens (including phenoxy) is 1. The van der Waals surface area contributed by atoms with Gasteiger partial charge in [0.1, 0.15) is 4.88 Å². The summed E-state index contributed by atoms with van der Waals surface area (Å²) in [4.78, 5) is 24.2. The quantitative estimate of drug-likeness (QED) is 0.695. The molecule has 0 atom stereocenters. The number of rotatable bonds is 3. The van der Waals surface area contributed by atoms with Crippen LogP contribution in [-0.2, 0) is 4.74 Å². The molecule has 1 heterocycles. The molecule has 0 aliphatic rings. The Morgan fingerprint density at radius 2 is 1.80 bits per heavy atom. The summed E-state index contributed by atoms with van der Waals surface area (Å²) in [5.41, 5.74) is 8.84. The van der Waals surface area contributed by atoms with Crippen LogP contribution in [0, 0.1) is 6.92 Å². The number of benzene rings is 1. The van der Waals surface area contributed by atoms with Crippen molar-refractivity contribution in [3.05, 3.63) is 40.3 Å². The van der Waals surface area contributed by atoms with Crippen molar-refractivity contribution >= 4 is 28.8 Å². The molecule has 20 heavy (non-hydrogen) atoms. The minimum Gasteiger partial charge on any atom is -0.465 e. The van der Waals surface area contributed by atoms with Gasteiger partial charge in [-0.2, -0.15) is 0 Å². The molecule has 2 N–H and O–H groups in total. The molecule has 5 heteroatoms. The van der Waals surface area contributed by atoms with Crippen LogP contribution in [0.5, 0.6) is 0 Å². The van der Waals surface area contributed by atoms with Gasteiger partial charge in [0, 0.05) is 10.4 Å². The third-order valence-electron chi connectivity index (χ3n) is 3.12. The molecule has 2 aromatic rings. The number of ketones is 1. The fraction of sp³-hybridized carbons (Fsp3) is 0.200. The van der Waals surface area contributed by atoms with Crippen LogP contribution in [0.3, 0.4) is 0 Å². The van der Waals surface area contributed by atoms with Gasteiger partial charge in [-0.05, 0) is 25.0 Å². The molecule has 2 rings (SSSR count). The van der Waals surface area contributed by atoms with Crippen molar-refractivity contribution in [3.63, 3.8) is 0 Å². The van der Waals surface area contributed by atoms with Crippen molar-refractivity contribution in [1.82, 2.24) is 0 Å². The summed E-state index contributed by atoms with van der Waals surface area (Å²) in [6, 6.07) is 7.25. The zero-order valence-electron chi connectivity index (χ0n) is 11.5. The predicted octanol–water partition coefficient (Wildman–Crippen LogP) is 3.29. The molecular formula is C15H15NO3S. The third-order valence-corrected chi connectivity index (χ3v) is 4.45. The highest BCUT2D eigenvalue weighted by Crippen LogP contribution is 2.38. The molecular weight excluding hydrogens is 274 g/mol. The summed E-state index contributed by atoms with van der Waals surface area (Å²) in [5, 5.41) is 0. The van der Waals surface area contributed by atoms with Crippen LogP contribution in [0.15, 0.2) is 24.3 Å². The maximum atomic E-state index is 11.6. The van der Waals surface area contributed by atoms with E-state index in [4.69, 9.17) is 10.5 Å². The van der Waals surface area contributed by atoms with Gasteiger partial charge in [-0.15, -0.1) is 11.3 Å². The first-order valence-corrected chi connectivity index (χ1v) is 6.86. The number of carbonyl (C=O) groups is 2. The fourth-order valence-corrected chi connectivity index (χ4v) is 3.05.